The Balaban J connectivity index is 1.48. The lowest BCUT2D eigenvalue weighted by Crippen LogP contribution is -2.62. The van der Waals surface area contributed by atoms with Crippen LogP contribution in [0.4, 0.5) is 0 Å². The summed E-state index contributed by atoms with van der Waals surface area (Å²) < 4.78 is 5.61. The number of nitrogens with zero attached hydrogens (tertiary/aromatic N) is 1. The Morgan fingerprint density at radius 3 is 3.00 bits per heavy atom. The molecule has 0 spiro atoms. The number of likely N-dealkylation sites (tertiary alicyclic amines) is 1. The average molecular weight is 335 g/mol. The highest BCUT2D eigenvalue weighted by atomic mass is 16.5. The zero-order valence-electron chi connectivity index (χ0n) is 15.3. The van der Waals surface area contributed by atoms with E-state index in [4.69, 9.17) is 4.74 Å². The lowest BCUT2D eigenvalue weighted by molar-refractivity contribution is -0.0110. The van der Waals surface area contributed by atoms with Crippen molar-refractivity contribution in [1.82, 2.24) is 4.90 Å². The Hall–Kier alpha value is -1.28. The number of piperidine rings is 1. The first-order valence-electron chi connectivity index (χ1n) is 10.3. The van der Waals surface area contributed by atoms with E-state index < -0.39 is 0 Å². The second-order valence-corrected chi connectivity index (χ2v) is 9.51. The Morgan fingerprint density at radius 2 is 2.20 bits per heavy atom. The van der Waals surface area contributed by atoms with Gasteiger partial charge in [0.15, 0.2) is 0 Å². The topological polar surface area (TPSA) is 12.5 Å². The van der Waals surface area contributed by atoms with E-state index in [0.29, 0.717) is 5.41 Å². The molecule has 2 heteroatoms. The lowest BCUT2D eigenvalue weighted by Gasteiger charge is -2.59. The molecule has 3 saturated carbocycles. The van der Waals surface area contributed by atoms with Crippen LogP contribution in [0.3, 0.4) is 0 Å². The van der Waals surface area contributed by atoms with Gasteiger partial charge in [0.2, 0.25) is 0 Å². The number of benzene rings is 1. The van der Waals surface area contributed by atoms with Gasteiger partial charge in [-0.1, -0.05) is 18.2 Å². The molecule has 6 rings (SSSR count). The molecule has 4 aliphatic carbocycles. The van der Waals surface area contributed by atoms with Crippen LogP contribution in [0.25, 0.3) is 0 Å². The third-order valence-corrected chi connectivity index (χ3v) is 8.21. The van der Waals surface area contributed by atoms with Crippen LogP contribution in [-0.2, 0) is 11.8 Å². The Bertz CT molecular complexity index is 750. The number of hydrogen-bond donors (Lipinski definition) is 0. The number of methoxy groups -OCH3 is 1. The van der Waals surface area contributed by atoms with Crippen molar-refractivity contribution in [1.29, 1.82) is 0 Å². The van der Waals surface area contributed by atoms with E-state index in [9.17, 15) is 0 Å². The summed E-state index contributed by atoms with van der Waals surface area (Å²) in [7, 11) is 1.80. The summed E-state index contributed by atoms with van der Waals surface area (Å²) in [5.41, 5.74) is 5.10. The molecule has 132 valence electrons. The Morgan fingerprint density at radius 1 is 1.32 bits per heavy atom. The molecule has 1 aromatic carbocycles. The molecule has 0 amide bonds. The van der Waals surface area contributed by atoms with Crippen LogP contribution in [0.2, 0.25) is 0 Å². The minimum Gasteiger partial charge on any atom is -0.497 e. The van der Waals surface area contributed by atoms with Gasteiger partial charge in [0.05, 0.1) is 7.11 Å². The SMILES string of the molecule is C=C1C[C@]23CCN(CC4CC4)[C@H](Cc4ccc(OC)cc42)[C@@H]3C2CC12. The summed E-state index contributed by atoms with van der Waals surface area (Å²) in [5.74, 6) is 4.64. The maximum atomic E-state index is 5.61. The normalized spacial score (nSPS) is 41.6. The van der Waals surface area contributed by atoms with Crippen LogP contribution in [-0.4, -0.2) is 31.1 Å². The van der Waals surface area contributed by atoms with E-state index in [1.54, 1.807) is 23.8 Å². The van der Waals surface area contributed by atoms with Crippen molar-refractivity contribution in [2.45, 2.75) is 50.0 Å². The zero-order valence-corrected chi connectivity index (χ0v) is 15.3. The molecule has 25 heavy (non-hydrogen) atoms. The van der Waals surface area contributed by atoms with Crippen molar-refractivity contribution in [2.75, 3.05) is 20.2 Å². The van der Waals surface area contributed by atoms with Crippen molar-refractivity contribution in [3.05, 3.63) is 41.5 Å². The molecule has 2 nitrogen and oxygen atoms in total. The Kier molecular flexibility index (Phi) is 2.92. The number of allylic oxidation sites excluding steroid dienone is 1. The van der Waals surface area contributed by atoms with Gasteiger partial charge in [-0.2, -0.15) is 0 Å². The quantitative estimate of drug-likeness (QED) is 0.768. The van der Waals surface area contributed by atoms with Crippen molar-refractivity contribution in [3.8, 4) is 5.75 Å². The van der Waals surface area contributed by atoms with Gasteiger partial charge in [-0.05, 0) is 92.0 Å². The summed E-state index contributed by atoms with van der Waals surface area (Å²) >= 11 is 0. The van der Waals surface area contributed by atoms with Crippen LogP contribution < -0.4 is 4.74 Å². The van der Waals surface area contributed by atoms with Gasteiger partial charge in [0.1, 0.15) is 5.75 Å². The summed E-state index contributed by atoms with van der Waals surface area (Å²) in [6.45, 7) is 7.17. The molecule has 0 radical (unpaired) electrons. The van der Waals surface area contributed by atoms with Gasteiger partial charge in [0.25, 0.3) is 0 Å². The lowest BCUT2D eigenvalue weighted by atomic mass is 9.51. The summed E-state index contributed by atoms with van der Waals surface area (Å²) in [6, 6.07) is 7.69. The molecule has 2 bridgehead atoms. The highest BCUT2D eigenvalue weighted by Crippen LogP contribution is 2.67. The number of hydrogen-bond acceptors (Lipinski definition) is 2. The average Bonchev–Trinajstić information content (AvgIpc) is 3.51. The molecule has 5 atom stereocenters. The van der Waals surface area contributed by atoms with Crippen molar-refractivity contribution in [2.24, 2.45) is 23.7 Å². The van der Waals surface area contributed by atoms with Crippen LogP contribution in [0.5, 0.6) is 5.75 Å². The predicted molar refractivity (Wildman–Crippen MR) is 99.9 cm³/mol. The predicted octanol–water partition coefficient (Wildman–Crippen LogP) is 4.19. The van der Waals surface area contributed by atoms with Gasteiger partial charge in [0, 0.05) is 18.0 Å². The molecular formula is C23H29NO. The molecule has 0 N–H and O–H groups in total. The smallest absolute Gasteiger partial charge is 0.119 e. The minimum atomic E-state index is 0.349. The van der Waals surface area contributed by atoms with Crippen molar-refractivity contribution >= 4 is 0 Å². The maximum Gasteiger partial charge on any atom is 0.119 e. The second kappa shape index (κ2) is 4.91. The fourth-order valence-corrected chi connectivity index (χ4v) is 6.86. The first-order valence-corrected chi connectivity index (χ1v) is 10.3. The fraction of sp³-hybridized carbons (Fsp3) is 0.652. The molecule has 1 aromatic rings. The van der Waals surface area contributed by atoms with Crippen molar-refractivity contribution in [3.63, 3.8) is 0 Å². The summed E-state index contributed by atoms with van der Waals surface area (Å²) in [5, 5.41) is 0. The van der Waals surface area contributed by atoms with Crippen LogP contribution in [0.1, 0.15) is 43.2 Å². The molecule has 1 saturated heterocycles. The highest BCUT2D eigenvalue weighted by molar-refractivity contribution is 5.48. The van der Waals surface area contributed by atoms with Crippen LogP contribution in [0, 0.1) is 23.7 Å². The molecule has 5 aliphatic rings. The van der Waals surface area contributed by atoms with Gasteiger partial charge in [-0.25, -0.2) is 0 Å². The van der Waals surface area contributed by atoms with Crippen LogP contribution in [0.15, 0.2) is 30.4 Å². The number of ether oxygens (including phenoxy) is 1. The summed E-state index contributed by atoms with van der Waals surface area (Å²) in [4.78, 5) is 2.90. The number of fused-ring (bicyclic) bond motifs is 2. The first-order chi connectivity index (χ1) is 12.2. The Labute approximate surface area is 151 Å². The van der Waals surface area contributed by atoms with E-state index >= 15 is 0 Å². The molecular weight excluding hydrogens is 306 g/mol. The molecule has 2 unspecified atom stereocenters. The van der Waals surface area contributed by atoms with E-state index in [-0.39, 0.29) is 0 Å². The van der Waals surface area contributed by atoms with E-state index in [0.717, 1.165) is 35.5 Å². The van der Waals surface area contributed by atoms with Gasteiger partial charge in [-0.3, -0.25) is 4.90 Å². The second-order valence-electron chi connectivity index (χ2n) is 9.51. The molecule has 1 aliphatic heterocycles. The standard InChI is InChI=1S/C23H29NO/c1-14-12-23-7-8-24(13-15-3-4-15)21(22(23)19-11-18(14)19)9-16-5-6-17(25-2)10-20(16)23/h5-6,10,15,18-19,21-22H,1,3-4,7-9,11-13H2,2H3/t18?,19?,21-,22+,23-/m1/s1. The largest absolute Gasteiger partial charge is 0.497 e. The van der Waals surface area contributed by atoms with Gasteiger partial charge >= 0.3 is 0 Å². The molecule has 0 aromatic heterocycles. The van der Waals surface area contributed by atoms with Gasteiger partial charge < -0.3 is 4.74 Å². The maximum absolute atomic E-state index is 5.61. The zero-order chi connectivity index (χ0) is 16.8. The highest BCUT2D eigenvalue weighted by Gasteiger charge is 2.64. The van der Waals surface area contributed by atoms with E-state index in [1.807, 2.05) is 0 Å². The monoisotopic (exact) mass is 335 g/mol. The summed E-state index contributed by atoms with van der Waals surface area (Å²) in [6.07, 6.45) is 8.16. The first kappa shape index (κ1) is 14.8. The van der Waals surface area contributed by atoms with E-state index in [2.05, 4.69) is 29.7 Å². The minimum absolute atomic E-state index is 0.349. The van der Waals surface area contributed by atoms with E-state index in [1.165, 1.54) is 51.6 Å². The van der Waals surface area contributed by atoms with Crippen molar-refractivity contribution < 1.29 is 4.74 Å². The molecule has 4 fully saturated rings. The molecule has 1 heterocycles. The van der Waals surface area contributed by atoms with Crippen LogP contribution >= 0.6 is 0 Å². The number of rotatable bonds is 3. The third kappa shape index (κ3) is 2.01. The van der Waals surface area contributed by atoms with Gasteiger partial charge in [-0.15, -0.1) is 0 Å². The fourth-order valence-electron chi connectivity index (χ4n) is 6.86. The third-order valence-electron chi connectivity index (χ3n) is 8.21.